The third kappa shape index (κ3) is 3.50. The third-order valence-corrected chi connectivity index (χ3v) is 9.28. The molecule has 2 N–H and O–H groups in total. The quantitative estimate of drug-likeness (QED) is 0.690. The minimum atomic E-state index is 0.0557. The van der Waals surface area contributed by atoms with Crippen molar-refractivity contribution in [2.45, 2.75) is 76.8 Å². The molecule has 1 spiro atoms. The minimum absolute atomic E-state index is 0.0557. The number of carbonyl (C=O) groups is 1. The number of hydrogen-bond donors (Lipinski definition) is 2. The first-order valence-corrected chi connectivity index (χ1v) is 13.0. The van der Waals surface area contributed by atoms with Crippen LogP contribution in [0.25, 0.3) is 0 Å². The normalized spacial score (nSPS) is 34.7. The summed E-state index contributed by atoms with van der Waals surface area (Å²) >= 11 is 0. The summed E-state index contributed by atoms with van der Waals surface area (Å²) in [5.41, 5.74) is 11.4. The number of nitrogens with zero attached hydrogens (tertiary/aromatic N) is 4. The average Bonchev–Trinajstić information content (AvgIpc) is 3.42. The number of aromatic nitrogens is 2. The molecule has 3 saturated heterocycles. The number of likely N-dealkylation sites (tertiary alicyclic amines) is 1. The molecule has 0 bridgehead atoms. The lowest BCUT2D eigenvalue weighted by Gasteiger charge is -2.47. The molecular weight excluding hydrogens is 412 g/mol. The lowest BCUT2D eigenvalue weighted by Crippen LogP contribution is -2.59. The van der Waals surface area contributed by atoms with E-state index in [9.17, 15) is 4.79 Å². The van der Waals surface area contributed by atoms with E-state index >= 15 is 0 Å². The maximum Gasteiger partial charge on any atom is 0.245 e. The van der Waals surface area contributed by atoms with Gasteiger partial charge < -0.3 is 9.80 Å². The first-order valence-electron chi connectivity index (χ1n) is 13.0. The van der Waals surface area contributed by atoms with Gasteiger partial charge in [-0.05, 0) is 69.4 Å². The van der Waals surface area contributed by atoms with Crippen molar-refractivity contribution in [1.29, 1.82) is 0 Å². The highest BCUT2D eigenvalue weighted by atomic mass is 16.2. The van der Waals surface area contributed by atoms with Gasteiger partial charge in [-0.1, -0.05) is 13.5 Å². The fourth-order valence-electron chi connectivity index (χ4n) is 7.50. The van der Waals surface area contributed by atoms with Crippen LogP contribution >= 0.6 is 0 Å². The second-order valence-corrected chi connectivity index (χ2v) is 11.5. The van der Waals surface area contributed by atoms with Gasteiger partial charge in [-0.3, -0.25) is 15.6 Å². The van der Waals surface area contributed by atoms with Crippen LogP contribution in [0.15, 0.2) is 12.7 Å². The SMILES string of the molecule is C=CC(=O)N1CC2(CCN(c3nc4c(c(C5C(C)CCC6NNC(C)C65)n3)CCCC4)C2)C1. The topological polar surface area (TPSA) is 73.4 Å². The highest BCUT2D eigenvalue weighted by Crippen LogP contribution is 2.47. The van der Waals surface area contributed by atoms with Crippen LogP contribution in [0, 0.1) is 17.3 Å². The summed E-state index contributed by atoms with van der Waals surface area (Å²) in [6.07, 6.45) is 9.74. The van der Waals surface area contributed by atoms with Crippen LogP contribution in [0.2, 0.25) is 0 Å². The van der Waals surface area contributed by atoms with Gasteiger partial charge in [0.2, 0.25) is 11.9 Å². The molecule has 4 heterocycles. The Balaban J connectivity index is 1.32. The zero-order chi connectivity index (χ0) is 22.7. The first-order chi connectivity index (χ1) is 16.0. The molecule has 1 saturated carbocycles. The zero-order valence-corrected chi connectivity index (χ0v) is 20.1. The highest BCUT2D eigenvalue weighted by Gasteiger charge is 2.50. The van der Waals surface area contributed by atoms with Crippen molar-refractivity contribution in [1.82, 2.24) is 25.7 Å². The van der Waals surface area contributed by atoms with Gasteiger partial charge >= 0.3 is 0 Å². The molecule has 0 radical (unpaired) electrons. The Bertz CT molecular complexity index is 956. The maximum absolute atomic E-state index is 12.0. The smallest absolute Gasteiger partial charge is 0.245 e. The first kappa shape index (κ1) is 21.5. The van der Waals surface area contributed by atoms with Gasteiger partial charge in [-0.15, -0.1) is 0 Å². The van der Waals surface area contributed by atoms with Crippen molar-refractivity contribution in [2.24, 2.45) is 17.3 Å². The predicted octanol–water partition coefficient (Wildman–Crippen LogP) is 2.57. The average molecular weight is 451 g/mol. The number of rotatable bonds is 3. The van der Waals surface area contributed by atoms with Crippen molar-refractivity contribution >= 4 is 11.9 Å². The van der Waals surface area contributed by atoms with E-state index in [1.54, 1.807) is 0 Å². The predicted molar refractivity (Wildman–Crippen MR) is 129 cm³/mol. The Kier molecular flexibility index (Phi) is 5.25. The van der Waals surface area contributed by atoms with E-state index < -0.39 is 0 Å². The van der Waals surface area contributed by atoms with E-state index in [1.807, 2.05) is 4.90 Å². The molecule has 3 aliphatic heterocycles. The molecule has 7 nitrogen and oxygen atoms in total. The lowest BCUT2D eigenvalue weighted by atomic mass is 9.66. The monoisotopic (exact) mass is 450 g/mol. The largest absolute Gasteiger partial charge is 0.340 e. The van der Waals surface area contributed by atoms with Gasteiger partial charge in [0.1, 0.15) is 0 Å². The van der Waals surface area contributed by atoms with E-state index in [0.717, 1.165) is 51.4 Å². The van der Waals surface area contributed by atoms with E-state index in [-0.39, 0.29) is 11.3 Å². The summed E-state index contributed by atoms with van der Waals surface area (Å²) in [7, 11) is 0. The van der Waals surface area contributed by atoms with Crippen molar-refractivity contribution in [3.8, 4) is 0 Å². The number of hydrazine groups is 1. The van der Waals surface area contributed by atoms with Gasteiger partial charge in [0.25, 0.3) is 0 Å². The number of carbonyl (C=O) groups excluding carboxylic acids is 1. The standard InChI is InChI=1S/C26H38N6O/c1-4-21(33)32-14-26(15-32)11-12-31(13-26)25-27-19-8-6-5-7-18(19)24(28-25)22-16(2)9-10-20-23(22)17(3)29-30-20/h4,16-17,20,22-23,29-30H,1,5-15H2,2-3H3. The van der Waals surface area contributed by atoms with Crippen LogP contribution in [0.3, 0.4) is 0 Å². The second kappa shape index (κ2) is 8.05. The van der Waals surface area contributed by atoms with Crippen LogP contribution in [0.5, 0.6) is 0 Å². The highest BCUT2D eigenvalue weighted by molar-refractivity contribution is 5.87. The van der Waals surface area contributed by atoms with Crippen molar-refractivity contribution in [3.05, 3.63) is 29.6 Å². The summed E-state index contributed by atoms with van der Waals surface area (Å²) in [5, 5.41) is 0. The molecule has 7 heteroatoms. The van der Waals surface area contributed by atoms with Gasteiger partial charge in [-0.25, -0.2) is 9.97 Å². The number of aryl methyl sites for hydroxylation is 1. The number of anilines is 1. The zero-order valence-electron chi connectivity index (χ0n) is 20.1. The third-order valence-electron chi connectivity index (χ3n) is 9.28. The number of amides is 1. The van der Waals surface area contributed by atoms with Crippen LogP contribution in [-0.2, 0) is 17.6 Å². The summed E-state index contributed by atoms with van der Waals surface area (Å²) in [4.78, 5) is 26.9. The molecule has 4 fully saturated rings. The Labute approximate surface area is 197 Å². The molecule has 178 valence electrons. The Hall–Kier alpha value is -1.99. The molecule has 0 aromatic carbocycles. The molecule has 5 unspecified atom stereocenters. The van der Waals surface area contributed by atoms with Gasteiger partial charge in [0.05, 0.1) is 5.69 Å². The fourth-order valence-corrected chi connectivity index (χ4v) is 7.50. The maximum atomic E-state index is 12.0. The molecule has 5 atom stereocenters. The Morgan fingerprint density at radius 2 is 1.94 bits per heavy atom. The Morgan fingerprint density at radius 1 is 1.12 bits per heavy atom. The summed E-state index contributed by atoms with van der Waals surface area (Å²) in [6, 6.07) is 0.996. The number of fused-ring (bicyclic) bond motifs is 2. The van der Waals surface area contributed by atoms with Crippen LogP contribution in [0.1, 0.15) is 68.8 Å². The summed E-state index contributed by atoms with van der Waals surface area (Å²) in [5.74, 6) is 2.70. The molecule has 2 aliphatic carbocycles. The number of hydrogen-bond acceptors (Lipinski definition) is 6. The molecule has 5 aliphatic rings. The Morgan fingerprint density at radius 3 is 2.76 bits per heavy atom. The van der Waals surface area contributed by atoms with Gasteiger partial charge in [-0.2, -0.15) is 0 Å². The van der Waals surface area contributed by atoms with Crippen LogP contribution < -0.4 is 15.8 Å². The van der Waals surface area contributed by atoms with Gasteiger partial charge in [0, 0.05) is 61.2 Å². The lowest BCUT2D eigenvalue weighted by molar-refractivity contribution is -0.136. The van der Waals surface area contributed by atoms with E-state index in [1.165, 1.54) is 48.7 Å². The van der Waals surface area contributed by atoms with Gasteiger partial charge in [0.15, 0.2) is 0 Å². The van der Waals surface area contributed by atoms with Crippen molar-refractivity contribution in [2.75, 3.05) is 31.1 Å². The van der Waals surface area contributed by atoms with Crippen LogP contribution in [-0.4, -0.2) is 59.0 Å². The molecule has 1 aromatic heterocycles. The summed E-state index contributed by atoms with van der Waals surface area (Å²) < 4.78 is 0. The van der Waals surface area contributed by atoms with E-state index in [2.05, 4.69) is 36.2 Å². The molecule has 1 aromatic rings. The molecule has 1 amide bonds. The molecule has 33 heavy (non-hydrogen) atoms. The van der Waals surface area contributed by atoms with Crippen LogP contribution in [0.4, 0.5) is 5.95 Å². The van der Waals surface area contributed by atoms with Crippen molar-refractivity contribution in [3.63, 3.8) is 0 Å². The molecular formula is C26H38N6O. The second-order valence-electron chi connectivity index (χ2n) is 11.5. The summed E-state index contributed by atoms with van der Waals surface area (Å²) in [6.45, 7) is 12.0. The molecule has 6 rings (SSSR count). The number of nitrogens with one attached hydrogen (secondary N) is 2. The van der Waals surface area contributed by atoms with Crippen molar-refractivity contribution < 1.29 is 4.79 Å². The fraction of sp³-hybridized carbons (Fsp3) is 0.731. The minimum Gasteiger partial charge on any atom is -0.340 e. The van der Waals surface area contributed by atoms with E-state index in [0.29, 0.717) is 29.8 Å². The van der Waals surface area contributed by atoms with E-state index in [4.69, 9.17) is 9.97 Å².